The topological polar surface area (TPSA) is 74.3 Å². The van der Waals surface area contributed by atoms with Gasteiger partial charge in [0.15, 0.2) is 0 Å². The zero-order chi connectivity index (χ0) is 21.4. The fourth-order valence-corrected chi connectivity index (χ4v) is 4.59. The van der Waals surface area contributed by atoms with Gasteiger partial charge in [0.25, 0.3) is 5.56 Å². The SMILES string of the molecule is CCc1nc2scc(-c3ccc(C)cc3C)c2c(=O)n1Cc1ccc(C(=O)OC)o1. The van der Waals surface area contributed by atoms with Gasteiger partial charge in [0.1, 0.15) is 16.4 Å². The molecule has 4 rings (SSSR count). The van der Waals surface area contributed by atoms with E-state index in [1.807, 2.05) is 12.3 Å². The summed E-state index contributed by atoms with van der Waals surface area (Å²) in [6, 6.07) is 9.45. The Morgan fingerprint density at radius 2 is 2.00 bits per heavy atom. The predicted molar refractivity (Wildman–Crippen MR) is 117 cm³/mol. The van der Waals surface area contributed by atoms with E-state index in [9.17, 15) is 9.59 Å². The second kappa shape index (κ2) is 7.91. The van der Waals surface area contributed by atoms with Crippen molar-refractivity contribution in [2.75, 3.05) is 7.11 Å². The second-order valence-corrected chi connectivity index (χ2v) is 8.04. The molecule has 4 aromatic rings. The smallest absolute Gasteiger partial charge is 0.373 e. The number of carbonyl (C=O) groups is 1. The molecule has 6 nitrogen and oxygen atoms in total. The van der Waals surface area contributed by atoms with E-state index in [4.69, 9.17) is 9.40 Å². The quantitative estimate of drug-likeness (QED) is 0.435. The number of aryl methyl sites for hydroxylation is 3. The highest BCUT2D eigenvalue weighted by atomic mass is 32.1. The summed E-state index contributed by atoms with van der Waals surface area (Å²) in [5, 5.41) is 2.62. The summed E-state index contributed by atoms with van der Waals surface area (Å²) in [5.74, 6) is 0.737. The van der Waals surface area contributed by atoms with Crippen LogP contribution in [0.1, 0.15) is 40.2 Å². The van der Waals surface area contributed by atoms with Crippen LogP contribution in [0.4, 0.5) is 0 Å². The third-order valence-corrected chi connectivity index (χ3v) is 6.00. The van der Waals surface area contributed by atoms with E-state index in [0.29, 0.717) is 23.4 Å². The van der Waals surface area contributed by atoms with Crippen LogP contribution in [-0.4, -0.2) is 22.6 Å². The molecule has 0 aliphatic carbocycles. The molecule has 0 saturated carbocycles. The average molecular weight is 423 g/mol. The Kier molecular flexibility index (Phi) is 5.30. The molecule has 0 aliphatic rings. The van der Waals surface area contributed by atoms with E-state index in [1.54, 1.807) is 16.7 Å². The van der Waals surface area contributed by atoms with Crippen LogP contribution in [0.3, 0.4) is 0 Å². The summed E-state index contributed by atoms with van der Waals surface area (Å²) < 4.78 is 11.9. The molecule has 7 heteroatoms. The monoisotopic (exact) mass is 422 g/mol. The van der Waals surface area contributed by atoms with Crippen LogP contribution in [0.25, 0.3) is 21.3 Å². The van der Waals surface area contributed by atoms with Gasteiger partial charge < -0.3 is 9.15 Å². The lowest BCUT2D eigenvalue weighted by atomic mass is 9.99. The van der Waals surface area contributed by atoms with E-state index < -0.39 is 5.97 Å². The first-order chi connectivity index (χ1) is 14.4. The minimum absolute atomic E-state index is 0.107. The number of thiophene rings is 1. The molecule has 1 aromatic carbocycles. The fourth-order valence-electron chi connectivity index (χ4n) is 3.64. The number of hydrogen-bond donors (Lipinski definition) is 0. The molecule has 0 unspecified atom stereocenters. The maximum absolute atomic E-state index is 13.5. The van der Waals surface area contributed by atoms with Crippen LogP contribution >= 0.6 is 11.3 Å². The van der Waals surface area contributed by atoms with Gasteiger partial charge in [-0.1, -0.05) is 30.7 Å². The summed E-state index contributed by atoms with van der Waals surface area (Å²) in [5.41, 5.74) is 4.13. The number of fused-ring (bicyclic) bond motifs is 1. The zero-order valence-corrected chi connectivity index (χ0v) is 18.1. The zero-order valence-electron chi connectivity index (χ0n) is 17.3. The summed E-state index contributed by atoms with van der Waals surface area (Å²) in [7, 11) is 1.30. The minimum atomic E-state index is -0.548. The van der Waals surface area contributed by atoms with Crippen LogP contribution in [0.5, 0.6) is 0 Å². The molecular formula is C23H22N2O4S. The van der Waals surface area contributed by atoms with E-state index in [0.717, 1.165) is 21.5 Å². The number of esters is 1. The Morgan fingerprint density at radius 1 is 1.20 bits per heavy atom. The van der Waals surface area contributed by atoms with E-state index in [-0.39, 0.29) is 17.9 Å². The number of nitrogens with zero attached hydrogens (tertiary/aromatic N) is 2. The number of benzene rings is 1. The van der Waals surface area contributed by atoms with Crippen molar-refractivity contribution >= 4 is 27.5 Å². The lowest BCUT2D eigenvalue weighted by Gasteiger charge is -2.11. The number of furan rings is 1. The van der Waals surface area contributed by atoms with Gasteiger partial charge >= 0.3 is 5.97 Å². The van der Waals surface area contributed by atoms with Gasteiger partial charge in [-0.2, -0.15) is 0 Å². The number of methoxy groups -OCH3 is 1. The third kappa shape index (κ3) is 3.45. The molecule has 0 spiro atoms. The first-order valence-corrected chi connectivity index (χ1v) is 10.6. The molecule has 0 aliphatic heterocycles. The first-order valence-electron chi connectivity index (χ1n) is 9.68. The summed E-state index contributed by atoms with van der Waals surface area (Å²) >= 11 is 1.48. The van der Waals surface area contributed by atoms with Crippen molar-refractivity contribution in [1.82, 2.24) is 9.55 Å². The molecule has 0 saturated heterocycles. The molecule has 0 radical (unpaired) electrons. The van der Waals surface area contributed by atoms with E-state index >= 15 is 0 Å². The molecule has 0 bridgehead atoms. The number of ether oxygens (including phenoxy) is 1. The molecule has 3 heterocycles. The molecule has 30 heavy (non-hydrogen) atoms. The summed E-state index contributed by atoms with van der Waals surface area (Å²) in [4.78, 5) is 30.7. The average Bonchev–Trinajstić information content (AvgIpc) is 3.36. The van der Waals surface area contributed by atoms with Crippen molar-refractivity contribution in [3.63, 3.8) is 0 Å². The van der Waals surface area contributed by atoms with Crippen LogP contribution < -0.4 is 5.56 Å². The lowest BCUT2D eigenvalue weighted by Crippen LogP contribution is -2.25. The largest absolute Gasteiger partial charge is 0.463 e. The van der Waals surface area contributed by atoms with Crippen molar-refractivity contribution in [3.05, 3.63) is 74.5 Å². The van der Waals surface area contributed by atoms with Crippen molar-refractivity contribution in [2.45, 2.75) is 33.7 Å². The fraction of sp³-hybridized carbons (Fsp3) is 0.261. The van der Waals surface area contributed by atoms with Gasteiger partial charge in [0.05, 0.1) is 19.0 Å². The van der Waals surface area contributed by atoms with E-state index in [2.05, 4.69) is 36.8 Å². The van der Waals surface area contributed by atoms with Crippen LogP contribution in [-0.2, 0) is 17.7 Å². The maximum atomic E-state index is 13.5. The Labute approximate surface area is 177 Å². The Morgan fingerprint density at radius 3 is 2.70 bits per heavy atom. The van der Waals surface area contributed by atoms with Gasteiger partial charge in [-0.15, -0.1) is 11.3 Å². The second-order valence-electron chi connectivity index (χ2n) is 7.18. The summed E-state index contributed by atoms with van der Waals surface area (Å²) in [6.45, 7) is 6.26. The number of aromatic nitrogens is 2. The van der Waals surface area contributed by atoms with E-state index in [1.165, 1.54) is 24.0 Å². The number of hydrogen-bond acceptors (Lipinski definition) is 6. The molecule has 0 N–H and O–H groups in total. The maximum Gasteiger partial charge on any atom is 0.373 e. The van der Waals surface area contributed by atoms with Crippen LogP contribution in [0.15, 0.2) is 44.9 Å². The molecular weight excluding hydrogens is 400 g/mol. The first kappa shape index (κ1) is 20.1. The highest BCUT2D eigenvalue weighted by Crippen LogP contribution is 2.33. The molecule has 0 fully saturated rings. The van der Waals surface area contributed by atoms with Crippen molar-refractivity contribution in [3.8, 4) is 11.1 Å². The highest BCUT2D eigenvalue weighted by Gasteiger charge is 2.19. The van der Waals surface area contributed by atoms with Crippen LogP contribution in [0, 0.1) is 13.8 Å². The third-order valence-electron chi connectivity index (χ3n) is 5.12. The summed E-state index contributed by atoms with van der Waals surface area (Å²) in [6.07, 6.45) is 0.604. The number of rotatable bonds is 5. The Bertz CT molecular complexity index is 1310. The van der Waals surface area contributed by atoms with Gasteiger partial charge in [0, 0.05) is 17.4 Å². The van der Waals surface area contributed by atoms with Gasteiger partial charge in [-0.05, 0) is 37.1 Å². The molecule has 0 amide bonds. The highest BCUT2D eigenvalue weighted by molar-refractivity contribution is 7.17. The van der Waals surface area contributed by atoms with Crippen molar-refractivity contribution in [2.24, 2.45) is 0 Å². The molecule has 3 aromatic heterocycles. The molecule has 154 valence electrons. The van der Waals surface area contributed by atoms with Crippen LogP contribution in [0.2, 0.25) is 0 Å². The minimum Gasteiger partial charge on any atom is -0.463 e. The lowest BCUT2D eigenvalue weighted by molar-refractivity contribution is 0.0563. The Hall–Kier alpha value is -3.19. The van der Waals surface area contributed by atoms with Gasteiger partial charge in [0.2, 0.25) is 5.76 Å². The van der Waals surface area contributed by atoms with Gasteiger partial charge in [-0.3, -0.25) is 9.36 Å². The normalized spacial score (nSPS) is 11.2. The number of carbonyl (C=O) groups excluding carboxylic acids is 1. The predicted octanol–water partition coefficient (Wildman–Crippen LogP) is 4.73. The molecule has 0 atom stereocenters. The van der Waals surface area contributed by atoms with Gasteiger partial charge in [-0.25, -0.2) is 9.78 Å². The van der Waals surface area contributed by atoms with Crippen molar-refractivity contribution in [1.29, 1.82) is 0 Å². The Balaban J connectivity index is 1.85. The standard InChI is InChI=1S/C23H22N2O4S/c1-5-19-24-21-20(17(12-30-21)16-8-6-13(2)10-14(16)3)22(26)25(19)11-15-7-9-18(29-15)23(27)28-4/h6-10,12H,5,11H2,1-4H3. The van der Waals surface area contributed by atoms with Crippen molar-refractivity contribution < 1.29 is 13.9 Å².